The van der Waals surface area contributed by atoms with Crippen molar-refractivity contribution in [1.82, 2.24) is 4.98 Å². The number of carbonyl (C=O) groups excluding carboxylic acids is 1. The Bertz CT molecular complexity index is 337. The van der Waals surface area contributed by atoms with Gasteiger partial charge in [0.05, 0.1) is 20.3 Å². The van der Waals surface area contributed by atoms with E-state index >= 15 is 0 Å². The molecule has 5 nitrogen and oxygen atoms in total. The van der Waals surface area contributed by atoms with Crippen LogP contribution in [0.25, 0.3) is 0 Å². The monoisotopic (exact) mass is 225 g/mol. The van der Waals surface area contributed by atoms with Gasteiger partial charge in [-0.05, 0) is 24.6 Å². The Hall–Kier alpha value is -1.46. The average Bonchev–Trinajstić information content (AvgIpc) is 2.29. The summed E-state index contributed by atoms with van der Waals surface area (Å²) in [6.07, 6.45) is 3.30. The lowest BCUT2D eigenvalue weighted by Crippen LogP contribution is -2.40. The van der Waals surface area contributed by atoms with E-state index in [4.69, 9.17) is 4.74 Å². The van der Waals surface area contributed by atoms with Gasteiger partial charge < -0.3 is 14.6 Å². The largest absolute Gasteiger partial charge is 0.467 e. The molecule has 1 rings (SSSR count). The highest BCUT2D eigenvalue weighted by Gasteiger charge is 2.31. The smallest absolute Gasteiger partial charge is 0.339 e. The summed E-state index contributed by atoms with van der Waals surface area (Å²) in [5.74, 6) is -0.706. The van der Waals surface area contributed by atoms with E-state index in [1.54, 1.807) is 24.5 Å². The van der Waals surface area contributed by atoms with Crippen LogP contribution in [0, 0.1) is 0 Å². The van der Waals surface area contributed by atoms with Crippen molar-refractivity contribution in [3.05, 3.63) is 30.1 Å². The number of nitrogens with zero attached hydrogens (tertiary/aromatic N) is 1. The number of methoxy groups -OCH3 is 1. The standard InChI is InChI=1S/C11H15NO4/c1-11(14,10(13)15-2)8-16-7-9-3-5-12-6-4-9/h3-6,14H,7-8H2,1-2H3. The van der Waals surface area contributed by atoms with Gasteiger partial charge in [-0.15, -0.1) is 0 Å². The Morgan fingerprint density at radius 3 is 2.69 bits per heavy atom. The molecule has 1 heterocycles. The molecule has 5 heteroatoms. The molecule has 1 unspecified atom stereocenters. The molecular formula is C11H15NO4. The maximum atomic E-state index is 11.1. The molecule has 0 bridgehead atoms. The van der Waals surface area contributed by atoms with Gasteiger partial charge in [0.1, 0.15) is 0 Å². The summed E-state index contributed by atoms with van der Waals surface area (Å²) in [5.41, 5.74) is -0.683. The lowest BCUT2D eigenvalue weighted by Gasteiger charge is -2.19. The Kier molecular flexibility index (Phi) is 4.39. The summed E-state index contributed by atoms with van der Waals surface area (Å²) < 4.78 is 9.67. The maximum Gasteiger partial charge on any atom is 0.339 e. The summed E-state index contributed by atoms with van der Waals surface area (Å²) in [6.45, 7) is 1.56. The summed E-state index contributed by atoms with van der Waals surface area (Å²) in [4.78, 5) is 15.0. The lowest BCUT2D eigenvalue weighted by molar-refractivity contribution is -0.167. The molecule has 1 aromatic heterocycles. The summed E-state index contributed by atoms with van der Waals surface area (Å²) >= 11 is 0. The van der Waals surface area contributed by atoms with Crippen molar-refractivity contribution >= 4 is 5.97 Å². The van der Waals surface area contributed by atoms with Gasteiger partial charge in [-0.2, -0.15) is 0 Å². The highest BCUT2D eigenvalue weighted by Crippen LogP contribution is 2.08. The minimum atomic E-state index is -1.61. The van der Waals surface area contributed by atoms with Gasteiger partial charge in [0, 0.05) is 12.4 Å². The number of hydrogen-bond donors (Lipinski definition) is 1. The first-order chi connectivity index (χ1) is 7.56. The van der Waals surface area contributed by atoms with Crippen LogP contribution in [0.2, 0.25) is 0 Å². The topological polar surface area (TPSA) is 68.7 Å². The van der Waals surface area contributed by atoms with Crippen molar-refractivity contribution in [2.45, 2.75) is 19.1 Å². The van der Waals surface area contributed by atoms with Crippen molar-refractivity contribution in [1.29, 1.82) is 0 Å². The van der Waals surface area contributed by atoms with Crippen LogP contribution in [0.5, 0.6) is 0 Å². The number of aliphatic hydroxyl groups is 1. The molecule has 0 amide bonds. The van der Waals surface area contributed by atoms with E-state index in [9.17, 15) is 9.90 Å². The predicted molar refractivity (Wildman–Crippen MR) is 56.5 cm³/mol. The van der Waals surface area contributed by atoms with E-state index in [1.807, 2.05) is 0 Å². The Morgan fingerprint density at radius 1 is 1.50 bits per heavy atom. The van der Waals surface area contributed by atoms with E-state index in [1.165, 1.54) is 14.0 Å². The molecule has 1 N–H and O–H groups in total. The number of ether oxygens (including phenoxy) is 2. The molecule has 0 radical (unpaired) electrons. The first kappa shape index (κ1) is 12.6. The summed E-state index contributed by atoms with van der Waals surface area (Å²) in [7, 11) is 1.22. The van der Waals surface area contributed by atoms with Crippen LogP contribution in [0.15, 0.2) is 24.5 Å². The average molecular weight is 225 g/mol. The zero-order valence-corrected chi connectivity index (χ0v) is 9.34. The molecule has 0 aliphatic carbocycles. The Balaban J connectivity index is 2.38. The van der Waals surface area contributed by atoms with Crippen LogP contribution in [-0.2, 0) is 20.9 Å². The quantitative estimate of drug-likeness (QED) is 0.740. The molecule has 0 fully saturated rings. The molecule has 0 aromatic carbocycles. The number of pyridine rings is 1. The first-order valence-electron chi connectivity index (χ1n) is 4.83. The van der Waals surface area contributed by atoms with Crippen molar-refractivity contribution in [3.63, 3.8) is 0 Å². The number of aromatic nitrogens is 1. The normalized spacial score (nSPS) is 14.2. The number of carbonyl (C=O) groups is 1. The first-order valence-corrected chi connectivity index (χ1v) is 4.83. The zero-order chi connectivity index (χ0) is 12.0. The van der Waals surface area contributed by atoms with E-state index in [0.29, 0.717) is 6.61 Å². The van der Waals surface area contributed by atoms with Crippen molar-refractivity contribution in [2.24, 2.45) is 0 Å². The fourth-order valence-electron chi connectivity index (χ4n) is 1.13. The van der Waals surface area contributed by atoms with Gasteiger partial charge in [0.2, 0.25) is 0 Å². The molecule has 88 valence electrons. The SMILES string of the molecule is COC(=O)C(C)(O)COCc1ccncc1. The van der Waals surface area contributed by atoms with Crippen molar-refractivity contribution in [3.8, 4) is 0 Å². The maximum absolute atomic E-state index is 11.1. The third-order valence-electron chi connectivity index (χ3n) is 2.03. The Labute approximate surface area is 94.0 Å². The third-order valence-corrected chi connectivity index (χ3v) is 2.03. The molecule has 0 saturated heterocycles. The second kappa shape index (κ2) is 5.58. The number of hydrogen-bond acceptors (Lipinski definition) is 5. The highest BCUT2D eigenvalue weighted by molar-refractivity contribution is 5.78. The molecular weight excluding hydrogens is 210 g/mol. The van der Waals surface area contributed by atoms with Gasteiger partial charge in [-0.1, -0.05) is 0 Å². The Morgan fingerprint density at radius 2 is 2.12 bits per heavy atom. The van der Waals surface area contributed by atoms with Crippen LogP contribution in [0.1, 0.15) is 12.5 Å². The molecule has 1 aromatic rings. The van der Waals surface area contributed by atoms with Crippen LogP contribution in [-0.4, -0.2) is 35.4 Å². The van der Waals surface area contributed by atoms with Crippen LogP contribution in [0.4, 0.5) is 0 Å². The van der Waals surface area contributed by atoms with E-state index in [0.717, 1.165) is 5.56 Å². The van der Waals surface area contributed by atoms with E-state index in [2.05, 4.69) is 9.72 Å². The van der Waals surface area contributed by atoms with Crippen LogP contribution >= 0.6 is 0 Å². The van der Waals surface area contributed by atoms with Crippen LogP contribution in [0.3, 0.4) is 0 Å². The summed E-state index contributed by atoms with van der Waals surface area (Å²) in [6, 6.07) is 3.60. The van der Waals surface area contributed by atoms with Crippen LogP contribution < -0.4 is 0 Å². The molecule has 16 heavy (non-hydrogen) atoms. The molecule has 1 atom stereocenters. The molecule has 0 saturated carbocycles. The fraction of sp³-hybridized carbons (Fsp3) is 0.455. The predicted octanol–water partition coefficient (Wildman–Crippen LogP) is 0.522. The van der Waals surface area contributed by atoms with Gasteiger partial charge in [0.15, 0.2) is 5.60 Å². The zero-order valence-electron chi connectivity index (χ0n) is 9.34. The van der Waals surface area contributed by atoms with Crippen molar-refractivity contribution < 1.29 is 19.4 Å². The molecule has 0 spiro atoms. The second-order valence-electron chi connectivity index (χ2n) is 3.61. The summed E-state index contributed by atoms with van der Waals surface area (Å²) in [5, 5.41) is 9.65. The second-order valence-corrected chi connectivity index (χ2v) is 3.61. The van der Waals surface area contributed by atoms with Crippen molar-refractivity contribution in [2.75, 3.05) is 13.7 Å². The van der Waals surface area contributed by atoms with E-state index < -0.39 is 11.6 Å². The third kappa shape index (κ3) is 3.60. The van der Waals surface area contributed by atoms with Gasteiger partial charge in [-0.25, -0.2) is 4.79 Å². The van der Waals surface area contributed by atoms with Gasteiger partial charge in [-0.3, -0.25) is 4.98 Å². The van der Waals surface area contributed by atoms with Gasteiger partial charge >= 0.3 is 5.97 Å². The lowest BCUT2D eigenvalue weighted by atomic mass is 10.1. The fourth-order valence-corrected chi connectivity index (χ4v) is 1.13. The minimum absolute atomic E-state index is 0.109. The van der Waals surface area contributed by atoms with Gasteiger partial charge in [0.25, 0.3) is 0 Å². The highest BCUT2D eigenvalue weighted by atomic mass is 16.6. The minimum Gasteiger partial charge on any atom is -0.467 e. The van der Waals surface area contributed by atoms with E-state index in [-0.39, 0.29) is 6.61 Å². The number of rotatable bonds is 5. The number of esters is 1. The molecule has 0 aliphatic heterocycles. The molecule has 0 aliphatic rings.